The Morgan fingerprint density at radius 2 is 2.22 bits per heavy atom. The summed E-state index contributed by atoms with van der Waals surface area (Å²) >= 11 is 12.2. The zero-order valence-electron chi connectivity index (χ0n) is 10.1. The van der Waals surface area contributed by atoms with Crippen molar-refractivity contribution >= 4 is 35.0 Å². The van der Waals surface area contributed by atoms with Gasteiger partial charge in [0.05, 0.1) is 6.33 Å². The van der Waals surface area contributed by atoms with Crippen LogP contribution in [0.4, 0.5) is 0 Å². The summed E-state index contributed by atoms with van der Waals surface area (Å²) in [7, 11) is 0. The van der Waals surface area contributed by atoms with E-state index < -0.39 is 0 Å². The summed E-state index contributed by atoms with van der Waals surface area (Å²) in [6.07, 6.45) is 9.48. The number of imidazole rings is 1. The highest BCUT2D eigenvalue weighted by molar-refractivity contribution is 6.35. The summed E-state index contributed by atoms with van der Waals surface area (Å²) in [5, 5.41) is 1.34. The van der Waals surface area contributed by atoms with E-state index in [1.165, 1.54) is 5.57 Å². The highest BCUT2D eigenvalue weighted by Gasteiger charge is 2.07. The van der Waals surface area contributed by atoms with Gasteiger partial charge in [-0.2, -0.15) is 0 Å². The number of benzene rings is 1. The second-order valence-electron chi connectivity index (χ2n) is 4.04. The number of nitrogens with zero attached hydrogens (tertiary/aromatic N) is 2. The van der Waals surface area contributed by atoms with Crippen LogP contribution in [0.1, 0.15) is 25.3 Å². The van der Waals surface area contributed by atoms with Crippen LogP contribution in [-0.2, 0) is 0 Å². The molecule has 0 atom stereocenters. The van der Waals surface area contributed by atoms with Gasteiger partial charge in [-0.15, -0.1) is 0 Å². The maximum absolute atomic E-state index is 6.25. The Labute approximate surface area is 117 Å². The molecule has 0 fully saturated rings. The molecule has 0 radical (unpaired) electrons. The third-order valence-corrected chi connectivity index (χ3v) is 3.17. The second-order valence-corrected chi connectivity index (χ2v) is 4.88. The van der Waals surface area contributed by atoms with Crippen molar-refractivity contribution < 1.29 is 0 Å². The van der Waals surface area contributed by atoms with Crippen LogP contribution >= 0.6 is 23.2 Å². The maximum Gasteiger partial charge on any atom is 0.0986 e. The van der Waals surface area contributed by atoms with E-state index in [-0.39, 0.29) is 0 Å². The molecule has 2 aromatic rings. The van der Waals surface area contributed by atoms with E-state index in [1.807, 2.05) is 29.1 Å². The predicted molar refractivity (Wildman–Crippen MR) is 77.8 cm³/mol. The number of hydrogen-bond donors (Lipinski definition) is 0. The fourth-order valence-corrected chi connectivity index (χ4v) is 2.34. The largest absolute Gasteiger partial charge is 0.313 e. The van der Waals surface area contributed by atoms with Crippen molar-refractivity contribution in [3.63, 3.8) is 0 Å². The molecule has 2 nitrogen and oxygen atoms in total. The summed E-state index contributed by atoms with van der Waals surface area (Å²) in [4.78, 5) is 4.03. The third-order valence-electron chi connectivity index (χ3n) is 2.63. The molecule has 0 saturated carbocycles. The second kappa shape index (κ2) is 6.07. The van der Waals surface area contributed by atoms with Crippen LogP contribution in [0, 0.1) is 0 Å². The van der Waals surface area contributed by atoms with Crippen LogP contribution in [0.2, 0.25) is 10.0 Å². The van der Waals surface area contributed by atoms with Gasteiger partial charge in [-0.1, -0.05) is 42.6 Å². The van der Waals surface area contributed by atoms with E-state index in [2.05, 4.69) is 11.9 Å². The van der Waals surface area contributed by atoms with E-state index in [1.54, 1.807) is 18.6 Å². The molecule has 2 rings (SSSR count). The molecule has 0 bridgehead atoms. The van der Waals surface area contributed by atoms with Crippen molar-refractivity contribution in [2.75, 3.05) is 0 Å². The fourth-order valence-electron chi connectivity index (χ4n) is 1.81. The summed E-state index contributed by atoms with van der Waals surface area (Å²) in [6, 6.07) is 5.60. The SMILES string of the molecule is CCCC(=Cn1ccnc1)c1ccc(Cl)cc1Cl. The van der Waals surface area contributed by atoms with Crippen molar-refractivity contribution in [2.24, 2.45) is 0 Å². The van der Waals surface area contributed by atoms with Crippen molar-refractivity contribution in [3.05, 3.63) is 52.5 Å². The number of hydrogen-bond acceptors (Lipinski definition) is 1. The summed E-state index contributed by atoms with van der Waals surface area (Å²) < 4.78 is 1.93. The van der Waals surface area contributed by atoms with Gasteiger partial charge >= 0.3 is 0 Å². The lowest BCUT2D eigenvalue weighted by atomic mass is 10.0. The Morgan fingerprint density at radius 3 is 2.83 bits per heavy atom. The number of rotatable bonds is 4. The van der Waals surface area contributed by atoms with Crippen molar-refractivity contribution in [2.45, 2.75) is 19.8 Å². The van der Waals surface area contributed by atoms with Crippen LogP contribution in [0.15, 0.2) is 36.9 Å². The molecule has 1 aromatic heterocycles. The molecule has 94 valence electrons. The fraction of sp³-hybridized carbons (Fsp3) is 0.214. The first kappa shape index (κ1) is 13.2. The standard InChI is InChI=1S/C14H14Cl2N2/c1-2-3-11(9-18-7-6-17-10-18)13-5-4-12(15)8-14(13)16/h4-10H,2-3H2,1H3. The Morgan fingerprint density at radius 1 is 1.39 bits per heavy atom. The zero-order valence-corrected chi connectivity index (χ0v) is 11.6. The number of halogens is 2. The van der Waals surface area contributed by atoms with Gasteiger partial charge in [0.1, 0.15) is 0 Å². The minimum Gasteiger partial charge on any atom is -0.313 e. The Kier molecular flexibility index (Phi) is 4.45. The van der Waals surface area contributed by atoms with Gasteiger partial charge < -0.3 is 4.57 Å². The molecule has 0 aliphatic heterocycles. The molecule has 0 aliphatic carbocycles. The molecular formula is C14H14Cl2N2. The topological polar surface area (TPSA) is 17.8 Å². The smallest absolute Gasteiger partial charge is 0.0986 e. The Hall–Kier alpha value is -1.25. The minimum absolute atomic E-state index is 0.655. The summed E-state index contributed by atoms with van der Waals surface area (Å²) in [6.45, 7) is 2.14. The van der Waals surface area contributed by atoms with E-state index in [9.17, 15) is 0 Å². The molecule has 4 heteroatoms. The molecule has 0 unspecified atom stereocenters. The Balaban J connectivity index is 2.41. The summed E-state index contributed by atoms with van der Waals surface area (Å²) in [5.41, 5.74) is 2.20. The van der Waals surface area contributed by atoms with E-state index in [0.717, 1.165) is 18.4 Å². The lowest BCUT2D eigenvalue weighted by Gasteiger charge is -2.09. The van der Waals surface area contributed by atoms with Gasteiger partial charge in [-0.3, -0.25) is 0 Å². The monoisotopic (exact) mass is 280 g/mol. The van der Waals surface area contributed by atoms with Crippen LogP contribution in [0.25, 0.3) is 11.8 Å². The lowest BCUT2D eigenvalue weighted by molar-refractivity contribution is 0.970. The summed E-state index contributed by atoms with van der Waals surface area (Å²) in [5.74, 6) is 0. The van der Waals surface area contributed by atoms with Gasteiger partial charge in [0.15, 0.2) is 0 Å². The third kappa shape index (κ3) is 3.15. The predicted octanol–water partition coefficient (Wildman–Crippen LogP) is 4.99. The van der Waals surface area contributed by atoms with Crippen molar-refractivity contribution in [3.8, 4) is 0 Å². The first-order valence-electron chi connectivity index (χ1n) is 5.84. The van der Waals surface area contributed by atoms with Gasteiger partial charge in [0.25, 0.3) is 0 Å². The van der Waals surface area contributed by atoms with Gasteiger partial charge in [0, 0.05) is 28.6 Å². The first-order valence-corrected chi connectivity index (χ1v) is 6.60. The normalized spacial score (nSPS) is 11.8. The van der Waals surface area contributed by atoms with Crippen LogP contribution in [0.3, 0.4) is 0 Å². The molecular weight excluding hydrogens is 267 g/mol. The molecule has 1 heterocycles. The molecule has 1 aromatic carbocycles. The maximum atomic E-state index is 6.25. The van der Waals surface area contributed by atoms with E-state index in [4.69, 9.17) is 23.2 Å². The number of aromatic nitrogens is 2. The average molecular weight is 281 g/mol. The highest BCUT2D eigenvalue weighted by atomic mass is 35.5. The van der Waals surface area contributed by atoms with Crippen molar-refractivity contribution in [1.29, 1.82) is 0 Å². The first-order chi connectivity index (χ1) is 8.70. The highest BCUT2D eigenvalue weighted by Crippen LogP contribution is 2.30. The van der Waals surface area contributed by atoms with Crippen molar-refractivity contribution in [1.82, 2.24) is 9.55 Å². The minimum atomic E-state index is 0.655. The van der Waals surface area contributed by atoms with Gasteiger partial charge in [-0.05, 0) is 29.7 Å². The quantitative estimate of drug-likeness (QED) is 0.772. The molecule has 0 aliphatic rings. The molecule has 0 saturated heterocycles. The zero-order chi connectivity index (χ0) is 13.0. The van der Waals surface area contributed by atoms with Crippen LogP contribution < -0.4 is 0 Å². The van der Waals surface area contributed by atoms with Crippen LogP contribution in [0.5, 0.6) is 0 Å². The van der Waals surface area contributed by atoms with Gasteiger partial charge in [0.2, 0.25) is 0 Å². The van der Waals surface area contributed by atoms with E-state index >= 15 is 0 Å². The van der Waals surface area contributed by atoms with E-state index in [0.29, 0.717) is 10.0 Å². The molecule has 0 N–H and O–H groups in total. The van der Waals surface area contributed by atoms with Crippen LogP contribution in [-0.4, -0.2) is 9.55 Å². The average Bonchev–Trinajstić information content (AvgIpc) is 2.81. The van der Waals surface area contributed by atoms with Gasteiger partial charge in [-0.25, -0.2) is 4.98 Å². The Bertz CT molecular complexity index is 545. The molecule has 0 amide bonds. The molecule has 18 heavy (non-hydrogen) atoms. The molecule has 0 spiro atoms. The number of allylic oxidation sites excluding steroid dienone is 1. The lowest BCUT2D eigenvalue weighted by Crippen LogP contribution is -1.90.